The van der Waals surface area contributed by atoms with Gasteiger partial charge >= 0.3 is 0 Å². The summed E-state index contributed by atoms with van der Waals surface area (Å²) in [7, 11) is 0. The van der Waals surface area contributed by atoms with Crippen molar-refractivity contribution in [2.24, 2.45) is 0 Å². The topological polar surface area (TPSA) is 40.9 Å². The largest absolute Gasteiger partial charge is 0.306 e. The minimum absolute atomic E-state index is 0.0170. The van der Waals surface area contributed by atoms with Crippen LogP contribution in [0.15, 0.2) is 12.2 Å². The van der Waals surface area contributed by atoms with E-state index < -0.39 is 0 Å². The van der Waals surface area contributed by atoms with Gasteiger partial charge in [0.1, 0.15) is 0 Å². The van der Waals surface area contributed by atoms with Gasteiger partial charge in [-0.3, -0.25) is 4.79 Å². The van der Waals surface area contributed by atoms with E-state index in [1.54, 1.807) is 6.92 Å². The molecule has 2 heteroatoms. The van der Waals surface area contributed by atoms with E-state index in [0.717, 1.165) is 0 Å². The zero-order valence-corrected chi connectivity index (χ0v) is 5.06. The zero-order valence-electron chi connectivity index (χ0n) is 5.06. The lowest BCUT2D eigenvalue weighted by Crippen LogP contribution is -1.84. The van der Waals surface area contributed by atoms with Crippen molar-refractivity contribution in [3.05, 3.63) is 12.2 Å². The van der Waals surface area contributed by atoms with Gasteiger partial charge in [0.2, 0.25) is 0 Å². The average Bonchev–Trinajstić information content (AvgIpc) is 1.61. The normalized spacial score (nSPS) is 9.75. The second kappa shape index (κ2) is 3.13. The predicted molar refractivity (Wildman–Crippen MR) is 33.2 cm³/mol. The molecule has 0 unspecified atom stereocenters. The van der Waals surface area contributed by atoms with Crippen LogP contribution in [0.2, 0.25) is 0 Å². The standard InChI is InChI=1S/C6H9NO/c1-5(7)3-4-6(2)8/h3-4,7H,1-2H3. The smallest absolute Gasteiger partial charge is 0.152 e. The third-order valence-electron chi connectivity index (χ3n) is 0.568. The van der Waals surface area contributed by atoms with Gasteiger partial charge in [-0.1, -0.05) is 0 Å². The van der Waals surface area contributed by atoms with E-state index in [9.17, 15) is 4.79 Å². The minimum atomic E-state index is -0.0170. The highest BCUT2D eigenvalue weighted by atomic mass is 16.1. The van der Waals surface area contributed by atoms with Gasteiger partial charge in [-0.05, 0) is 26.0 Å². The molecule has 0 aliphatic rings. The molecule has 0 aromatic heterocycles. The summed E-state index contributed by atoms with van der Waals surface area (Å²) < 4.78 is 0. The Labute approximate surface area is 48.7 Å². The van der Waals surface area contributed by atoms with Crippen LogP contribution in [-0.4, -0.2) is 11.5 Å². The van der Waals surface area contributed by atoms with Crippen molar-refractivity contribution >= 4 is 11.5 Å². The lowest BCUT2D eigenvalue weighted by atomic mass is 10.3. The van der Waals surface area contributed by atoms with E-state index in [1.165, 1.54) is 19.1 Å². The number of hydrogen-bond donors (Lipinski definition) is 1. The summed E-state index contributed by atoms with van der Waals surface area (Å²) in [4.78, 5) is 10.2. The number of carbonyl (C=O) groups is 1. The van der Waals surface area contributed by atoms with Crippen LogP contribution in [-0.2, 0) is 4.79 Å². The molecule has 0 aromatic carbocycles. The van der Waals surface area contributed by atoms with Gasteiger partial charge in [0.15, 0.2) is 5.78 Å². The first-order valence-corrected chi connectivity index (χ1v) is 2.36. The zero-order chi connectivity index (χ0) is 6.57. The Morgan fingerprint density at radius 2 is 1.88 bits per heavy atom. The Morgan fingerprint density at radius 3 is 2.00 bits per heavy atom. The van der Waals surface area contributed by atoms with Crippen LogP contribution < -0.4 is 0 Å². The van der Waals surface area contributed by atoms with E-state index in [2.05, 4.69) is 0 Å². The van der Waals surface area contributed by atoms with Crippen LogP contribution in [0.3, 0.4) is 0 Å². The molecule has 0 bridgehead atoms. The van der Waals surface area contributed by atoms with Crippen LogP contribution in [0.25, 0.3) is 0 Å². The number of nitrogens with one attached hydrogen (secondary N) is 1. The highest BCUT2D eigenvalue weighted by Gasteiger charge is 1.80. The Kier molecular flexibility index (Phi) is 2.77. The molecule has 0 aliphatic carbocycles. The van der Waals surface area contributed by atoms with Gasteiger partial charge in [0.05, 0.1) is 0 Å². The average molecular weight is 111 g/mol. The highest BCUT2D eigenvalue weighted by molar-refractivity contribution is 5.97. The monoisotopic (exact) mass is 111 g/mol. The molecule has 0 radical (unpaired) electrons. The van der Waals surface area contributed by atoms with Crippen LogP contribution in [0.5, 0.6) is 0 Å². The number of allylic oxidation sites excluding steroid dienone is 2. The van der Waals surface area contributed by atoms with Crippen molar-refractivity contribution in [2.45, 2.75) is 13.8 Å². The molecule has 0 fully saturated rings. The van der Waals surface area contributed by atoms with Crippen molar-refractivity contribution in [3.63, 3.8) is 0 Å². The second-order valence-corrected chi connectivity index (χ2v) is 1.63. The Morgan fingerprint density at radius 1 is 1.38 bits per heavy atom. The molecule has 0 saturated heterocycles. The Balaban J connectivity index is 3.67. The maximum atomic E-state index is 10.2. The van der Waals surface area contributed by atoms with E-state index in [0.29, 0.717) is 5.71 Å². The third kappa shape index (κ3) is 5.08. The Bertz CT molecular complexity index is 119. The first kappa shape index (κ1) is 7.08. The lowest BCUT2D eigenvalue weighted by Gasteiger charge is -1.78. The number of carbonyl (C=O) groups excluding carboxylic acids is 1. The summed E-state index contributed by atoms with van der Waals surface area (Å²) in [6, 6.07) is 0. The summed E-state index contributed by atoms with van der Waals surface area (Å²) in [5.41, 5.74) is 0.403. The molecule has 0 spiro atoms. The Hall–Kier alpha value is -0.920. The number of rotatable bonds is 2. The van der Waals surface area contributed by atoms with Gasteiger partial charge in [-0.15, -0.1) is 0 Å². The SMILES string of the molecule is CC(=N)C=CC(C)=O. The van der Waals surface area contributed by atoms with Crippen molar-refractivity contribution in [3.8, 4) is 0 Å². The van der Waals surface area contributed by atoms with Crippen molar-refractivity contribution in [2.75, 3.05) is 0 Å². The fourth-order valence-electron chi connectivity index (χ4n) is 0.242. The van der Waals surface area contributed by atoms with Gasteiger partial charge in [-0.2, -0.15) is 0 Å². The van der Waals surface area contributed by atoms with E-state index in [-0.39, 0.29) is 5.78 Å². The molecule has 0 aromatic rings. The fourth-order valence-corrected chi connectivity index (χ4v) is 0.242. The van der Waals surface area contributed by atoms with Crippen LogP contribution in [0.1, 0.15) is 13.8 Å². The van der Waals surface area contributed by atoms with Gasteiger partial charge in [0.25, 0.3) is 0 Å². The van der Waals surface area contributed by atoms with Crippen molar-refractivity contribution in [1.29, 1.82) is 5.41 Å². The molecule has 44 valence electrons. The highest BCUT2D eigenvalue weighted by Crippen LogP contribution is 1.76. The second-order valence-electron chi connectivity index (χ2n) is 1.63. The predicted octanol–water partition coefficient (Wildman–Crippen LogP) is 1.17. The van der Waals surface area contributed by atoms with Crippen LogP contribution >= 0.6 is 0 Å². The summed E-state index contributed by atoms with van der Waals surface area (Å²) >= 11 is 0. The summed E-state index contributed by atoms with van der Waals surface area (Å²) in [6.07, 6.45) is 2.85. The van der Waals surface area contributed by atoms with E-state index in [1.807, 2.05) is 0 Å². The van der Waals surface area contributed by atoms with Crippen molar-refractivity contribution < 1.29 is 4.79 Å². The first-order valence-electron chi connectivity index (χ1n) is 2.36. The summed E-state index contributed by atoms with van der Waals surface area (Å²) in [6.45, 7) is 3.08. The van der Waals surface area contributed by atoms with Crippen molar-refractivity contribution in [1.82, 2.24) is 0 Å². The van der Waals surface area contributed by atoms with E-state index in [4.69, 9.17) is 5.41 Å². The number of ketones is 1. The molecular weight excluding hydrogens is 102 g/mol. The lowest BCUT2D eigenvalue weighted by molar-refractivity contribution is -0.112. The molecule has 0 aliphatic heterocycles. The van der Waals surface area contributed by atoms with Crippen LogP contribution in [0, 0.1) is 5.41 Å². The van der Waals surface area contributed by atoms with E-state index >= 15 is 0 Å². The molecule has 0 saturated carbocycles. The third-order valence-corrected chi connectivity index (χ3v) is 0.568. The molecule has 0 rings (SSSR count). The molecular formula is C6H9NO. The number of hydrogen-bond acceptors (Lipinski definition) is 2. The molecule has 0 atom stereocenters. The molecule has 1 N–H and O–H groups in total. The maximum Gasteiger partial charge on any atom is 0.152 e. The summed E-state index contributed by atoms with van der Waals surface area (Å²) in [5, 5.41) is 6.85. The fraction of sp³-hybridized carbons (Fsp3) is 0.333. The first-order chi connectivity index (χ1) is 3.63. The minimum Gasteiger partial charge on any atom is -0.306 e. The maximum absolute atomic E-state index is 10.2. The molecule has 0 amide bonds. The van der Waals surface area contributed by atoms with Crippen LogP contribution in [0.4, 0.5) is 0 Å². The van der Waals surface area contributed by atoms with Gasteiger partial charge < -0.3 is 5.41 Å². The van der Waals surface area contributed by atoms with Gasteiger partial charge in [-0.25, -0.2) is 0 Å². The molecule has 2 nitrogen and oxygen atoms in total. The summed E-state index contributed by atoms with van der Waals surface area (Å²) in [5.74, 6) is -0.0170. The molecule has 0 heterocycles. The molecule has 8 heavy (non-hydrogen) atoms. The van der Waals surface area contributed by atoms with Gasteiger partial charge in [0, 0.05) is 5.71 Å². The quantitative estimate of drug-likeness (QED) is 0.421.